The Hall–Kier alpha value is -2.93. The molecule has 2 aromatic heterocycles. The van der Waals surface area contributed by atoms with Gasteiger partial charge in [0.15, 0.2) is 16.6 Å². The Morgan fingerprint density at radius 3 is 2.60 bits per heavy atom. The second kappa shape index (κ2) is 7.31. The number of aryl methyl sites for hydroxylation is 1. The fourth-order valence-corrected chi connectivity index (χ4v) is 3.19. The Morgan fingerprint density at radius 2 is 1.92 bits per heavy atom. The maximum Gasteiger partial charge on any atom is 0.276 e. The molecule has 0 unspecified atom stereocenters. The molecule has 128 valence electrons. The molecule has 0 saturated carbocycles. The van der Waals surface area contributed by atoms with E-state index in [0.717, 1.165) is 16.1 Å². The summed E-state index contributed by atoms with van der Waals surface area (Å²) in [6.45, 7) is 1.96. The molecule has 25 heavy (non-hydrogen) atoms. The number of pyridine rings is 1. The summed E-state index contributed by atoms with van der Waals surface area (Å²) in [4.78, 5) is 21.8. The van der Waals surface area contributed by atoms with Crippen LogP contribution in [-0.4, -0.2) is 30.1 Å². The minimum atomic E-state index is -0.284. The van der Waals surface area contributed by atoms with Crippen LogP contribution in [0.1, 0.15) is 15.4 Å². The first-order chi connectivity index (χ1) is 12.1. The smallest absolute Gasteiger partial charge is 0.276 e. The SMILES string of the molecule is COc1ccc(-c2nc(NC(=O)c3ccccn3)sc2C)cc1OC. The van der Waals surface area contributed by atoms with Crippen molar-refractivity contribution in [2.45, 2.75) is 6.92 Å². The van der Waals surface area contributed by atoms with Crippen LogP contribution in [0.5, 0.6) is 11.5 Å². The van der Waals surface area contributed by atoms with Gasteiger partial charge in [0.1, 0.15) is 5.69 Å². The van der Waals surface area contributed by atoms with E-state index >= 15 is 0 Å². The highest BCUT2D eigenvalue weighted by atomic mass is 32.1. The number of anilines is 1. The van der Waals surface area contributed by atoms with Crippen molar-refractivity contribution < 1.29 is 14.3 Å². The van der Waals surface area contributed by atoms with Gasteiger partial charge in [-0.25, -0.2) is 4.98 Å². The van der Waals surface area contributed by atoms with Gasteiger partial charge in [0.2, 0.25) is 0 Å². The van der Waals surface area contributed by atoms with Crippen LogP contribution in [0.25, 0.3) is 11.3 Å². The quantitative estimate of drug-likeness (QED) is 0.754. The van der Waals surface area contributed by atoms with Crippen LogP contribution >= 0.6 is 11.3 Å². The molecule has 0 aliphatic carbocycles. The first-order valence-electron chi connectivity index (χ1n) is 7.54. The molecule has 1 N–H and O–H groups in total. The van der Waals surface area contributed by atoms with E-state index in [4.69, 9.17) is 9.47 Å². The number of benzene rings is 1. The van der Waals surface area contributed by atoms with Crippen molar-refractivity contribution in [1.29, 1.82) is 0 Å². The zero-order valence-corrected chi connectivity index (χ0v) is 14.9. The van der Waals surface area contributed by atoms with Gasteiger partial charge in [0.25, 0.3) is 5.91 Å². The zero-order valence-electron chi connectivity index (χ0n) is 14.1. The van der Waals surface area contributed by atoms with Crippen LogP contribution in [-0.2, 0) is 0 Å². The standard InChI is InChI=1S/C18H17N3O3S/c1-11-16(12-7-8-14(23-2)15(10-12)24-3)20-18(25-11)21-17(22)13-6-4-5-9-19-13/h4-10H,1-3H3,(H,20,21,22). The molecule has 0 bridgehead atoms. The monoisotopic (exact) mass is 355 g/mol. The van der Waals surface area contributed by atoms with Crippen molar-refractivity contribution >= 4 is 22.4 Å². The zero-order chi connectivity index (χ0) is 17.8. The molecule has 0 spiro atoms. The molecule has 0 atom stereocenters. The van der Waals surface area contributed by atoms with E-state index in [2.05, 4.69) is 15.3 Å². The van der Waals surface area contributed by atoms with Gasteiger partial charge in [-0.3, -0.25) is 15.1 Å². The molecule has 2 heterocycles. The van der Waals surface area contributed by atoms with Crippen LogP contribution in [0.15, 0.2) is 42.6 Å². The van der Waals surface area contributed by atoms with Crippen molar-refractivity contribution in [2.24, 2.45) is 0 Å². The fourth-order valence-electron chi connectivity index (χ4n) is 2.36. The number of ether oxygens (including phenoxy) is 2. The van der Waals surface area contributed by atoms with Crippen molar-refractivity contribution in [3.63, 3.8) is 0 Å². The Kier molecular flexibility index (Phi) is 4.95. The molecule has 7 heteroatoms. The summed E-state index contributed by atoms with van der Waals surface area (Å²) in [5.74, 6) is 1.00. The van der Waals surface area contributed by atoms with Crippen molar-refractivity contribution in [3.05, 3.63) is 53.2 Å². The van der Waals surface area contributed by atoms with Gasteiger partial charge in [-0.05, 0) is 37.3 Å². The minimum Gasteiger partial charge on any atom is -0.493 e. The van der Waals surface area contributed by atoms with E-state index in [1.165, 1.54) is 11.3 Å². The predicted molar refractivity (Wildman–Crippen MR) is 97.6 cm³/mol. The molecule has 1 amide bonds. The second-order valence-electron chi connectivity index (χ2n) is 5.16. The number of rotatable bonds is 5. The number of amides is 1. The normalized spacial score (nSPS) is 10.4. The summed E-state index contributed by atoms with van der Waals surface area (Å²) in [5, 5.41) is 3.32. The first-order valence-corrected chi connectivity index (χ1v) is 8.36. The van der Waals surface area contributed by atoms with E-state index < -0.39 is 0 Å². The highest BCUT2D eigenvalue weighted by molar-refractivity contribution is 7.16. The molecular weight excluding hydrogens is 338 g/mol. The molecule has 3 rings (SSSR count). The number of aromatic nitrogens is 2. The van der Waals surface area contributed by atoms with E-state index in [0.29, 0.717) is 22.3 Å². The van der Waals surface area contributed by atoms with Crippen LogP contribution in [0.2, 0.25) is 0 Å². The van der Waals surface area contributed by atoms with Gasteiger partial charge in [-0.1, -0.05) is 6.07 Å². The molecule has 0 saturated heterocycles. The summed E-state index contributed by atoms with van der Waals surface area (Å²) < 4.78 is 10.6. The van der Waals surface area contributed by atoms with Crippen LogP contribution in [0, 0.1) is 6.92 Å². The average molecular weight is 355 g/mol. The molecule has 0 fully saturated rings. The van der Waals surface area contributed by atoms with Crippen molar-refractivity contribution in [3.8, 4) is 22.8 Å². The van der Waals surface area contributed by atoms with Gasteiger partial charge < -0.3 is 9.47 Å². The maximum absolute atomic E-state index is 12.2. The fraction of sp³-hybridized carbons (Fsp3) is 0.167. The third-order valence-corrected chi connectivity index (χ3v) is 4.46. The highest BCUT2D eigenvalue weighted by Gasteiger charge is 2.15. The number of nitrogens with one attached hydrogen (secondary N) is 1. The lowest BCUT2D eigenvalue weighted by Crippen LogP contribution is -2.13. The first kappa shape index (κ1) is 16.9. The lowest BCUT2D eigenvalue weighted by atomic mass is 10.1. The lowest BCUT2D eigenvalue weighted by molar-refractivity contribution is 0.102. The molecular formula is C18H17N3O3S. The predicted octanol–water partition coefficient (Wildman–Crippen LogP) is 3.78. The molecule has 0 radical (unpaired) electrons. The molecule has 6 nitrogen and oxygen atoms in total. The molecule has 3 aromatic rings. The average Bonchev–Trinajstić information content (AvgIpc) is 3.01. The van der Waals surface area contributed by atoms with Crippen LogP contribution < -0.4 is 14.8 Å². The minimum absolute atomic E-state index is 0.284. The number of carbonyl (C=O) groups excluding carboxylic acids is 1. The number of thiazole rings is 1. The van der Waals surface area contributed by atoms with Gasteiger partial charge >= 0.3 is 0 Å². The number of hydrogen-bond acceptors (Lipinski definition) is 6. The number of carbonyl (C=O) groups is 1. The Morgan fingerprint density at radius 1 is 1.12 bits per heavy atom. The van der Waals surface area contributed by atoms with Crippen molar-refractivity contribution in [2.75, 3.05) is 19.5 Å². The van der Waals surface area contributed by atoms with E-state index in [9.17, 15) is 4.79 Å². The molecule has 0 aliphatic heterocycles. The van der Waals surface area contributed by atoms with Gasteiger partial charge in [-0.2, -0.15) is 0 Å². The maximum atomic E-state index is 12.2. The Balaban J connectivity index is 1.87. The Labute approximate surface area is 149 Å². The van der Waals surface area contributed by atoms with Gasteiger partial charge in [-0.15, -0.1) is 11.3 Å². The van der Waals surface area contributed by atoms with E-state index in [-0.39, 0.29) is 5.91 Å². The second-order valence-corrected chi connectivity index (χ2v) is 6.37. The molecule has 0 aliphatic rings. The number of methoxy groups -OCH3 is 2. The van der Waals surface area contributed by atoms with Crippen LogP contribution in [0.4, 0.5) is 5.13 Å². The van der Waals surface area contributed by atoms with E-state index in [1.54, 1.807) is 38.6 Å². The van der Waals surface area contributed by atoms with Gasteiger partial charge in [0, 0.05) is 16.6 Å². The lowest BCUT2D eigenvalue weighted by Gasteiger charge is -2.08. The summed E-state index contributed by atoms with van der Waals surface area (Å²) in [7, 11) is 3.19. The molecule has 1 aromatic carbocycles. The number of hydrogen-bond donors (Lipinski definition) is 1. The topological polar surface area (TPSA) is 73.3 Å². The van der Waals surface area contributed by atoms with Gasteiger partial charge in [0.05, 0.1) is 19.9 Å². The Bertz CT molecular complexity index is 894. The summed E-state index contributed by atoms with van der Waals surface area (Å²) in [5.41, 5.74) is 2.04. The highest BCUT2D eigenvalue weighted by Crippen LogP contribution is 2.36. The third kappa shape index (κ3) is 3.61. The summed E-state index contributed by atoms with van der Waals surface area (Å²) in [6, 6.07) is 10.8. The van der Waals surface area contributed by atoms with Crippen molar-refractivity contribution in [1.82, 2.24) is 9.97 Å². The summed E-state index contributed by atoms with van der Waals surface area (Å²) >= 11 is 1.41. The summed E-state index contributed by atoms with van der Waals surface area (Å²) in [6.07, 6.45) is 1.58. The number of nitrogens with zero attached hydrogens (tertiary/aromatic N) is 2. The van der Waals surface area contributed by atoms with Crippen LogP contribution in [0.3, 0.4) is 0 Å². The largest absolute Gasteiger partial charge is 0.493 e. The van der Waals surface area contributed by atoms with E-state index in [1.807, 2.05) is 25.1 Å². The third-order valence-electron chi connectivity index (χ3n) is 3.57.